The van der Waals surface area contributed by atoms with Gasteiger partial charge in [0.1, 0.15) is 0 Å². The van der Waals surface area contributed by atoms with Crippen molar-refractivity contribution in [2.24, 2.45) is 5.41 Å². The van der Waals surface area contributed by atoms with E-state index < -0.39 is 0 Å². The maximum absolute atomic E-state index is 3.77. The summed E-state index contributed by atoms with van der Waals surface area (Å²) in [5, 5.41) is 3.77. The van der Waals surface area contributed by atoms with Crippen molar-refractivity contribution >= 4 is 0 Å². The summed E-state index contributed by atoms with van der Waals surface area (Å²) in [5.41, 5.74) is 7.70. The van der Waals surface area contributed by atoms with Gasteiger partial charge in [0.25, 0.3) is 0 Å². The van der Waals surface area contributed by atoms with Crippen molar-refractivity contribution in [2.45, 2.75) is 45.7 Å². The quantitative estimate of drug-likeness (QED) is 0.731. The first-order valence-corrected chi connectivity index (χ1v) is 8.02. The topological polar surface area (TPSA) is 12.0 Å². The first kappa shape index (κ1) is 13.1. The molecule has 1 N–H and O–H groups in total. The van der Waals surface area contributed by atoms with Crippen LogP contribution in [0.2, 0.25) is 0 Å². The van der Waals surface area contributed by atoms with Crippen molar-refractivity contribution in [1.29, 1.82) is 0 Å². The predicted octanol–water partition coefficient (Wildman–Crippen LogP) is 4.71. The van der Waals surface area contributed by atoms with Gasteiger partial charge < -0.3 is 5.32 Å². The first-order valence-electron chi connectivity index (χ1n) is 8.02. The fourth-order valence-electron chi connectivity index (χ4n) is 3.58. The molecule has 2 aromatic carbocycles. The van der Waals surface area contributed by atoms with Crippen molar-refractivity contribution in [3.63, 3.8) is 0 Å². The van der Waals surface area contributed by atoms with E-state index >= 15 is 0 Å². The summed E-state index contributed by atoms with van der Waals surface area (Å²) in [6, 6.07) is 16.9. The van der Waals surface area contributed by atoms with Crippen molar-refractivity contribution in [3.8, 4) is 11.1 Å². The standard InChI is InChI=1S/C20H23N/c1-13(21-19-12-20(19,2)3)14-8-9-18-16(10-14)11-15-6-4-5-7-17(15)18/h4-10,13,19,21H,11-12H2,1-3H3. The average molecular weight is 277 g/mol. The zero-order valence-electron chi connectivity index (χ0n) is 13.1. The minimum Gasteiger partial charge on any atom is -0.307 e. The number of rotatable bonds is 3. The van der Waals surface area contributed by atoms with Crippen LogP contribution in [-0.2, 0) is 6.42 Å². The molecular formula is C20H23N. The van der Waals surface area contributed by atoms with E-state index in [2.05, 4.69) is 68.6 Å². The van der Waals surface area contributed by atoms with Crippen molar-refractivity contribution in [2.75, 3.05) is 0 Å². The largest absolute Gasteiger partial charge is 0.307 e. The Morgan fingerprint density at radius 1 is 1.05 bits per heavy atom. The van der Waals surface area contributed by atoms with Crippen LogP contribution in [-0.4, -0.2) is 6.04 Å². The Morgan fingerprint density at radius 3 is 2.52 bits per heavy atom. The Morgan fingerprint density at radius 2 is 1.76 bits per heavy atom. The van der Waals surface area contributed by atoms with Gasteiger partial charge in [0.2, 0.25) is 0 Å². The molecule has 0 saturated heterocycles. The molecule has 4 rings (SSSR count). The van der Waals surface area contributed by atoms with E-state index in [9.17, 15) is 0 Å². The van der Waals surface area contributed by atoms with Gasteiger partial charge in [-0.25, -0.2) is 0 Å². The van der Waals surface area contributed by atoms with E-state index in [0.29, 0.717) is 17.5 Å². The Hall–Kier alpha value is -1.60. The van der Waals surface area contributed by atoms with Crippen molar-refractivity contribution < 1.29 is 0 Å². The second-order valence-electron chi connectivity index (χ2n) is 7.38. The van der Waals surface area contributed by atoms with Gasteiger partial charge in [-0.15, -0.1) is 0 Å². The lowest BCUT2D eigenvalue weighted by Gasteiger charge is -2.17. The maximum Gasteiger partial charge on any atom is 0.0294 e. The molecule has 0 aromatic heterocycles. The highest BCUT2D eigenvalue weighted by atomic mass is 15.0. The number of benzene rings is 2. The monoisotopic (exact) mass is 277 g/mol. The van der Waals surface area contributed by atoms with E-state index in [1.165, 1.54) is 34.2 Å². The van der Waals surface area contributed by atoms with Crippen LogP contribution >= 0.6 is 0 Å². The third-order valence-corrected chi connectivity index (χ3v) is 5.28. The smallest absolute Gasteiger partial charge is 0.0294 e. The van der Waals surface area contributed by atoms with Gasteiger partial charge >= 0.3 is 0 Å². The molecule has 2 atom stereocenters. The first-order chi connectivity index (χ1) is 10.0. The van der Waals surface area contributed by atoms with Crippen LogP contribution in [0.25, 0.3) is 11.1 Å². The molecule has 0 amide bonds. The van der Waals surface area contributed by atoms with Gasteiger partial charge in [-0.3, -0.25) is 0 Å². The predicted molar refractivity (Wildman–Crippen MR) is 88.4 cm³/mol. The summed E-state index contributed by atoms with van der Waals surface area (Å²) in [4.78, 5) is 0. The van der Waals surface area contributed by atoms with Crippen LogP contribution in [0.5, 0.6) is 0 Å². The van der Waals surface area contributed by atoms with Gasteiger partial charge in [-0.05, 0) is 53.0 Å². The van der Waals surface area contributed by atoms with Gasteiger partial charge in [0.15, 0.2) is 0 Å². The summed E-state index contributed by atoms with van der Waals surface area (Å²) < 4.78 is 0. The number of hydrogen-bond acceptors (Lipinski definition) is 1. The molecule has 2 aromatic rings. The summed E-state index contributed by atoms with van der Waals surface area (Å²) in [7, 11) is 0. The molecular weight excluding hydrogens is 254 g/mol. The lowest BCUT2D eigenvalue weighted by atomic mass is 10.00. The molecule has 1 saturated carbocycles. The molecule has 1 fully saturated rings. The molecule has 2 unspecified atom stereocenters. The van der Waals surface area contributed by atoms with E-state index in [1.54, 1.807) is 0 Å². The Balaban J connectivity index is 1.58. The molecule has 108 valence electrons. The molecule has 0 aliphatic heterocycles. The van der Waals surface area contributed by atoms with Crippen LogP contribution in [0.3, 0.4) is 0 Å². The number of fused-ring (bicyclic) bond motifs is 3. The van der Waals surface area contributed by atoms with Crippen molar-refractivity contribution in [3.05, 3.63) is 59.2 Å². The fraction of sp³-hybridized carbons (Fsp3) is 0.400. The minimum atomic E-state index is 0.436. The fourth-order valence-corrected chi connectivity index (χ4v) is 3.58. The molecule has 0 radical (unpaired) electrons. The van der Waals surface area contributed by atoms with Crippen molar-refractivity contribution in [1.82, 2.24) is 5.32 Å². The molecule has 0 heterocycles. The Bertz CT molecular complexity index is 699. The SMILES string of the molecule is CC(NC1CC1(C)C)c1ccc2c(c1)Cc1ccccc1-2. The molecule has 1 nitrogen and oxygen atoms in total. The lowest BCUT2D eigenvalue weighted by Crippen LogP contribution is -2.24. The number of nitrogens with one attached hydrogen (secondary N) is 1. The lowest BCUT2D eigenvalue weighted by molar-refractivity contribution is 0.492. The van der Waals surface area contributed by atoms with Gasteiger partial charge in [0, 0.05) is 12.1 Å². The second kappa shape index (κ2) is 4.45. The molecule has 2 aliphatic rings. The van der Waals surface area contributed by atoms with E-state index in [-0.39, 0.29) is 0 Å². The summed E-state index contributed by atoms with van der Waals surface area (Å²) in [6.45, 7) is 6.98. The van der Waals surface area contributed by atoms with Crippen LogP contribution in [0.4, 0.5) is 0 Å². The maximum atomic E-state index is 3.77. The molecule has 2 aliphatic carbocycles. The zero-order valence-corrected chi connectivity index (χ0v) is 13.1. The Labute approximate surface area is 127 Å². The van der Waals surface area contributed by atoms with E-state index in [1.807, 2.05) is 0 Å². The van der Waals surface area contributed by atoms with Crippen LogP contribution < -0.4 is 5.32 Å². The highest BCUT2D eigenvalue weighted by Gasteiger charge is 2.45. The van der Waals surface area contributed by atoms with Gasteiger partial charge in [-0.1, -0.05) is 56.3 Å². The third-order valence-electron chi connectivity index (χ3n) is 5.28. The van der Waals surface area contributed by atoms with E-state index in [0.717, 1.165) is 6.42 Å². The number of hydrogen-bond donors (Lipinski definition) is 1. The minimum absolute atomic E-state index is 0.436. The van der Waals surface area contributed by atoms with Crippen LogP contribution in [0, 0.1) is 5.41 Å². The summed E-state index contributed by atoms with van der Waals surface area (Å²) in [5.74, 6) is 0. The Kier molecular flexibility index (Phi) is 2.77. The molecule has 1 heteroatoms. The van der Waals surface area contributed by atoms with E-state index in [4.69, 9.17) is 0 Å². The van der Waals surface area contributed by atoms with Crippen LogP contribution in [0.15, 0.2) is 42.5 Å². The second-order valence-corrected chi connectivity index (χ2v) is 7.38. The normalized spacial score (nSPS) is 22.5. The third kappa shape index (κ3) is 2.20. The van der Waals surface area contributed by atoms with Gasteiger partial charge in [0.05, 0.1) is 0 Å². The summed E-state index contributed by atoms with van der Waals surface area (Å²) in [6.07, 6.45) is 2.38. The van der Waals surface area contributed by atoms with Gasteiger partial charge in [-0.2, -0.15) is 0 Å². The highest BCUT2D eigenvalue weighted by molar-refractivity contribution is 5.76. The van der Waals surface area contributed by atoms with Crippen LogP contribution in [0.1, 0.15) is 49.9 Å². The molecule has 21 heavy (non-hydrogen) atoms. The summed E-state index contributed by atoms with van der Waals surface area (Å²) >= 11 is 0. The highest BCUT2D eigenvalue weighted by Crippen LogP contribution is 2.46. The molecule has 0 spiro atoms. The molecule has 0 bridgehead atoms. The average Bonchev–Trinajstić information content (AvgIpc) is 2.92. The zero-order chi connectivity index (χ0) is 14.6.